The van der Waals surface area contributed by atoms with E-state index in [-0.39, 0.29) is 6.10 Å². The van der Waals surface area contributed by atoms with Gasteiger partial charge in [-0.1, -0.05) is 6.92 Å². The molecule has 0 spiro atoms. The summed E-state index contributed by atoms with van der Waals surface area (Å²) in [5.74, 6) is 0. The Balaban J connectivity index is 2.42. The van der Waals surface area contributed by atoms with Crippen molar-refractivity contribution in [2.75, 3.05) is 13.2 Å². The summed E-state index contributed by atoms with van der Waals surface area (Å²) in [5.41, 5.74) is 2.37. The van der Waals surface area contributed by atoms with Crippen LogP contribution in [0.25, 0.3) is 0 Å². The maximum absolute atomic E-state index is 5.50. The van der Waals surface area contributed by atoms with Crippen molar-refractivity contribution in [1.29, 1.82) is 0 Å². The predicted octanol–water partition coefficient (Wildman–Crippen LogP) is 1.73. The van der Waals surface area contributed by atoms with E-state index in [4.69, 9.17) is 4.74 Å². The third-order valence-electron chi connectivity index (χ3n) is 2.39. The molecule has 92 valence electrons. The van der Waals surface area contributed by atoms with Gasteiger partial charge in [0.05, 0.1) is 24.9 Å². The first-order chi connectivity index (χ1) is 7.63. The normalized spacial score (nSPS) is 11.3. The van der Waals surface area contributed by atoms with Crippen LogP contribution in [0.3, 0.4) is 0 Å². The van der Waals surface area contributed by atoms with Crippen molar-refractivity contribution in [3.05, 3.63) is 17.5 Å². The number of hydrogen-bond acceptors (Lipinski definition) is 3. The van der Waals surface area contributed by atoms with E-state index in [1.807, 2.05) is 25.5 Å². The quantitative estimate of drug-likeness (QED) is 0.768. The van der Waals surface area contributed by atoms with Gasteiger partial charge in [-0.15, -0.1) is 0 Å². The van der Waals surface area contributed by atoms with Crippen LogP contribution < -0.4 is 5.32 Å². The van der Waals surface area contributed by atoms with E-state index in [1.165, 1.54) is 5.56 Å². The second-order valence-corrected chi connectivity index (χ2v) is 4.20. The first-order valence-electron chi connectivity index (χ1n) is 5.98. The van der Waals surface area contributed by atoms with E-state index >= 15 is 0 Å². The molecular weight excluding hydrogens is 202 g/mol. The number of nitrogens with one attached hydrogen (secondary N) is 1. The molecule has 0 saturated heterocycles. The molecule has 0 atom stereocenters. The van der Waals surface area contributed by atoms with Gasteiger partial charge >= 0.3 is 0 Å². The zero-order valence-electron chi connectivity index (χ0n) is 10.8. The SMILES string of the molecule is CCNCc1cn(CCOC(C)C)nc1C. The van der Waals surface area contributed by atoms with Crippen molar-refractivity contribution in [2.24, 2.45) is 0 Å². The number of ether oxygens (including phenoxy) is 1. The monoisotopic (exact) mass is 225 g/mol. The topological polar surface area (TPSA) is 39.1 Å². The van der Waals surface area contributed by atoms with E-state index in [2.05, 4.69) is 23.5 Å². The Kier molecular flexibility index (Phi) is 5.49. The molecule has 1 heterocycles. The number of aryl methyl sites for hydroxylation is 1. The van der Waals surface area contributed by atoms with Crippen molar-refractivity contribution in [3.63, 3.8) is 0 Å². The average Bonchev–Trinajstić information content (AvgIpc) is 2.56. The number of hydrogen-bond donors (Lipinski definition) is 1. The molecule has 0 aliphatic heterocycles. The van der Waals surface area contributed by atoms with Crippen molar-refractivity contribution < 1.29 is 4.74 Å². The van der Waals surface area contributed by atoms with Gasteiger partial charge in [-0.3, -0.25) is 4.68 Å². The lowest BCUT2D eigenvalue weighted by atomic mass is 10.2. The summed E-state index contributed by atoms with van der Waals surface area (Å²) in [7, 11) is 0. The lowest BCUT2D eigenvalue weighted by Crippen LogP contribution is -2.12. The van der Waals surface area contributed by atoms with Crippen molar-refractivity contribution in [1.82, 2.24) is 15.1 Å². The standard InChI is InChI=1S/C12H23N3O/c1-5-13-8-12-9-15(14-11(12)4)6-7-16-10(2)3/h9-10,13H,5-8H2,1-4H3. The Hall–Kier alpha value is -0.870. The fraction of sp³-hybridized carbons (Fsp3) is 0.750. The van der Waals surface area contributed by atoms with Crippen LogP contribution in [0.1, 0.15) is 32.0 Å². The van der Waals surface area contributed by atoms with Crippen LogP contribution in [0.5, 0.6) is 0 Å². The lowest BCUT2D eigenvalue weighted by molar-refractivity contribution is 0.0709. The van der Waals surface area contributed by atoms with Crippen molar-refractivity contribution in [2.45, 2.75) is 46.9 Å². The molecule has 1 aromatic rings. The highest BCUT2D eigenvalue weighted by Gasteiger charge is 2.04. The summed E-state index contributed by atoms with van der Waals surface area (Å²) in [6, 6.07) is 0. The Bertz CT molecular complexity index is 307. The largest absolute Gasteiger partial charge is 0.377 e. The van der Waals surface area contributed by atoms with Crippen LogP contribution in [-0.2, 0) is 17.8 Å². The van der Waals surface area contributed by atoms with Crippen molar-refractivity contribution >= 4 is 0 Å². The first kappa shape index (κ1) is 13.2. The Morgan fingerprint density at radius 3 is 2.88 bits per heavy atom. The minimum atomic E-state index is 0.290. The van der Waals surface area contributed by atoms with Crippen LogP contribution >= 0.6 is 0 Å². The summed E-state index contributed by atoms with van der Waals surface area (Å²) in [5, 5.41) is 7.77. The van der Waals surface area contributed by atoms with Crippen molar-refractivity contribution in [3.8, 4) is 0 Å². The van der Waals surface area contributed by atoms with Gasteiger partial charge < -0.3 is 10.1 Å². The lowest BCUT2D eigenvalue weighted by Gasteiger charge is -2.06. The van der Waals surface area contributed by atoms with E-state index in [0.717, 1.165) is 31.9 Å². The van der Waals surface area contributed by atoms with Gasteiger partial charge in [-0.2, -0.15) is 5.10 Å². The van der Waals surface area contributed by atoms with Gasteiger partial charge in [0, 0.05) is 18.3 Å². The molecule has 1 aromatic heterocycles. The minimum Gasteiger partial charge on any atom is -0.377 e. The van der Waals surface area contributed by atoms with Gasteiger partial charge in [-0.05, 0) is 27.3 Å². The van der Waals surface area contributed by atoms with Gasteiger partial charge in [0.2, 0.25) is 0 Å². The zero-order chi connectivity index (χ0) is 12.0. The molecule has 1 rings (SSSR count). The molecule has 0 aliphatic rings. The maximum Gasteiger partial charge on any atom is 0.0666 e. The maximum atomic E-state index is 5.50. The number of nitrogens with zero attached hydrogens (tertiary/aromatic N) is 2. The summed E-state index contributed by atoms with van der Waals surface area (Å²) < 4.78 is 7.46. The molecule has 4 nitrogen and oxygen atoms in total. The molecule has 0 fully saturated rings. The molecule has 0 radical (unpaired) electrons. The highest BCUT2D eigenvalue weighted by Crippen LogP contribution is 2.05. The zero-order valence-corrected chi connectivity index (χ0v) is 10.8. The highest BCUT2D eigenvalue weighted by molar-refractivity contribution is 5.14. The van der Waals surface area contributed by atoms with E-state index in [0.29, 0.717) is 0 Å². The van der Waals surface area contributed by atoms with E-state index in [1.54, 1.807) is 0 Å². The van der Waals surface area contributed by atoms with E-state index in [9.17, 15) is 0 Å². The molecule has 0 amide bonds. The molecule has 0 saturated carbocycles. The Labute approximate surface area is 98.0 Å². The third kappa shape index (κ3) is 4.33. The van der Waals surface area contributed by atoms with Crippen LogP contribution in [0.4, 0.5) is 0 Å². The Morgan fingerprint density at radius 1 is 1.50 bits per heavy atom. The summed E-state index contributed by atoms with van der Waals surface area (Å²) in [6.07, 6.45) is 2.39. The van der Waals surface area contributed by atoms with E-state index < -0.39 is 0 Å². The fourth-order valence-electron chi connectivity index (χ4n) is 1.49. The molecule has 16 heavy (non-hydrogen) atoms. The molecule has 0 bridgehead atoms. The minimum absolute atomic E-state index is 0.290. The van der Waals surface area contributed by atoms with Gasteiger partial charge in [0.15, 0.2) is 0 Å². The Morgan fingerprint density at radius 2 is 2.25 bits per heavy atom. The van der Waals surface area contributed by atoms with Crippen LogP contribution in [-0.4, -0.2) is 29.0 Å². The molecule has 0 unspecified atom stereocenters. The summed E-state index contributed by atoms with van der Waals surface area (Å²) in [4.78, 5) is 0. The molecule has 4 heteroatoms. The smallest absolute Gasteiger partial charge is 0.0666 e. The predicted molar refractivity (Wildman–Crippen MR) is 65.4 cm³/mol. The summed E-state index contributed by atoms with van der Waals surface area (Å²) in [6.45, 7) is 11.7. The second kappa shape index (κ2) is 6.66. The van der Waals surface area contributed by atoms with Gasteiger partial charge in [0.25, 0.3) is 0 Å². The summed E-state index contributed by atoms with van der Waals surface area (Å²) >= 11 is 0. The van der Waals surface area contributed by atoms with Gasteiger partial charge in [0.1, 0.15) is 0 Å². The van der Waals surface area contributed by atoms with Crippen LogP contribution in [0.2, 0.25) is 0 Å². The van der Waals surface area contributed by atoms with Crippen LogP contribution in [0.15, 0.2) is 6.20 Å². The second-order valence-electron chi connectivity index (χ2n) is 4.20. The number of rotatable bonds is 7. The van der Waals surface area contributed by atoms with Crippen LogP contribution in [0, 0.1) is 6.92 Å². The molecule has 1 N–H and O–H groups in total. The molecule has 0 aromatic carbocycles. The fourth-order valence-corrected chi connectivity index (χ4v) is 1.49. The molecule has 0 aliphatic carbocycles. The third-order valence-corrected chi connectivity index (χ3v) is 2.39. The average molecular weight is 225 g/mol. The highest BCUT2D eigenvalue weighted by atomic mass is 16.5. The first-order valence-corrected chi connectivity index (χ1v) is 5.98. The molecular formula is C12H23N3O. The number of aromatic nitrogens is 2. The van der Waals surface area contributed by atoms with Gasteiger partial charge in [-0.25, -0.2) is 0 Å².